The first-order chi connectivity index (χ1) is 12.2. The Hall–Kier alpha value is -1.40. The summed E-state index contributed by atoms with van der Waals surface area (Å²) in [7, 11) is -3.06. The predicted octanol–water partition coefficient (Wildman–Crippen LogP) is 2.92. The molecule has 1 saturated heterocycles. The van der Waals surface area contributed by atoms with E-state index in [1.165, 1.54) is 5.56 Å². The minimum atomic E-state index is -3.06. The molecule has 2 fully saturated rings. The maximum atomic E-state index is 12.4. The van der Waals surface area contributed by atoms with E-state index < -0.39 is 10.0 Å². The van der Waals surface area contributed by atoms with Gasteiger partial charge in [0.1, 0.15) is 0 Å². The summed E-state index contributed by atoms with van der Waals surface area (Å²) in [6, 6.07) is 7.77. The van der Waals surface area contributed by atoms with Crippen LogP contribution in [0.2, 0.25) is 0 Å². The van der Waals surface area contributed by atoms with Crippen LogP contribution in [0, 0.1) is 5.92 Å². The van der Waals surface area contributed by atoms with Crippen LogP contribution in [0.3, 0.4) is 0 Å². The van der Waals surface area contributed by atoms with Gasteiger partial charge in [0.25, 0.3) is 5.91 Å². The lowest BCUT2D eigenvalue weighted by molar-refractivity contribution is 0.0941. The Morgan fingerprint density at radius 3 is 2.15 bits per heavy atom. The molecular formula is C20H30N2O3S. The fourth-order valence-electron chi connectivity index (χ4n) is 3.41. The van der Waals surface area contributed by atoms with Crippen molar-refractivity contribution in [3.63, 3.8) is 0 Å². The molecule has 2 aliphatic rings. The van der Waals surface area contributed by atoms with Gasteiger partial charge < -0.3 is 5.32 Å². The number of nitrogens with one attached hydrogen (secondary N) is 1. The second kappa shape index (κ2) is 7.31. The van der Waals surface area contributed by atoms with E-state index in [2.05, 4.69) is 26.1 Å². The SMILES string of the molecule is CC(C)(C)c1ccc(C(=O)NCC2CCN(S(=O)(=O)C3CC3)CC2)cc1. The van der Waals surface area contributed by atoms with Crippen LogP contribution in [0.4, 0.5) is 0 Å². The Morgan fingerprint density at radius 1 is 1.08 bits per heavy atom. The molecule has 0 spiro atoms. The molecular weight excluding hydrogens is 348 g/mol. The van der Waals surface area contributed by atoms with Crippen molar-refractivity contribution in [2.24, 2.45) is 5.92 Å². The van der Waals surface area contributed by atoms with Crippen LogP contribution in [0.5, 0.6) is 0 Å². The highest BCUT2D eigenvalue weighted by atomic mass is 32.2. The molecule has 1 heterocycles. The van der Waals surface area contributed by atoms with Crippen molar-refractivity contribution < 1.29 is 13.2 Å². The van der Waals surface area contributed by atoms with Crippen molar-refractivity contribution in [1.82, 2.24) is 9.62 Å². The topological polar surface area (TPSA) is 66.5 Å². The molecule has 144 valence electrons. The van der Waals surface area contributed by atoms with E-state index in [0.29, 0.717) is 31.1 Å². The lowest BCUT2D eigenvalue weighted by Gasteiger charge is -2.31. The largest absolute Gasteiger partial charge is 0.352 e. The first-order valence-corrected chi connectivity index (χ1v) is 11.1. The summed E-state index contributed by atoms with van der Waals surface area (Å²) in [5.74, 6) is 0.289. The quantitative estimate of drug-likeness (QED) is 0.857. The molecule has 0 unspecified atom stereocenters. The Kier molecular flexibility index (Phi) is 5.45. The van der Waals surface area contributed by atoms with E-state index >= 15 is 0 Å². The summed E-state index contributed by atoms with van der Waals surface area (Å²) in [5, 5.41) is 2.88. The molecule has 5 nitrogen and oxygen atoms in total. The van der Waals surface area contributed by atoms with E-state index in [-0.39, 0.29) is 16.6 Å². The van der Waals surface area contributed by atoms with Gasteiger partial charge in [-0.05, 0) is 54.7 Å². The third kappa shape index (κ3) is 4.46. The Morgan fingerprint density at radius 2 is 1.65 bits per heavy atom. The molecule has 0 aromatic heterocycles. The Labute approximate surface area is 157 Å². The molecule has 6 heteroatoms. The molecule has 0 atom stereocenters. The number of nitrogens with zero attached hydrogens (tertiary/aromatic N) is 1. The highest BCUT2D eigenvalue weighted by molar-refractivity contribution is 7.90. The van der Waals surface area contributed by atoms with Crippen molar-refractivity contribution in [1.29, 1.82) is 0 Å². The second-order valence-electron chi connectivity index (χ2n) is 8.62. The maximum absolute atomic E-state index is 12.4. The first kappa shape index (κ1) is 19.4. The van der Waals surface area contributed by atoms with Gasteiger partial charge in [-0.3, -0.25) is 4.79 Å². The van der Waals surface area contributed by atoms with Crippen molar-refractivity contribution in [2.45, 2.75) is 57.1 Å². The third-order valence-electron chi connectivity index (χ3n) is 5.44. The van der Waals surface area contributed by atoms with Gasteiger partial charge in [-0.15, -0.1) is 0 Å². The van der Waals surface area contributed by atoms with Gasteiger partial charge in [-0.25, -0.2) is 12.7 Å². The normalized spacial score (nSPS) is 20.1. The van der Waals surface area contributed by atoms with E-state index in [4.69, 9.17) is 0 Å². The van der Waals surface area contributed by atoms with Crippen molar-refractivity contribution in [2.75, 3.05) is 19.6 Å². The zero-order valence-corrected chi connectivity index (χ0v) is 16.8. The number of carbonyl (C=O) groups is 1. The van der Waals surface area contributed by atoms with Crippen LogP contribution in [0.15, 0.2) is 24.3 Å². The number of sulfonamides is 1. The molecule has 1 aliphatic heterocycles. The van der Waals surface area contributed by atoms with Crippen molar-refractivity contribution in [3.05, 3.63) is 35.4 Å². The molecule has 1 saturated carbocycles. The van der Waals surface area contributed by atoms with E-state index in [0.717, 1.165) is 25.7 Å². The highest BCUT2D eigenvalue weighted by Crippen LogP contribution is 2.33. The maximum Gasteiger partial charge on any atom is 0.251 e. The Balaban J connectivity index is 1.47. The van der Waals surface area contributed by atoms with Crippen LogP contribution < -0.4 is 5.32 Å². The Bertz CT molecular complexity index is 738. The first-order valence-electron chi connectivity index (χ1n) is 9.55. The fraction of sp³-hybridized carbons (Fsp3) is 0.650. The zero-order chi connectivity index (χ0) is 18.9. The van der Waals surface area contributed by atoms with Crippen molar-refractivity contribution in [3.8, 4) is 0 Å². The lowest BCUT2D eigenvalue weighted by Crippen LogP contribution is -2.42. The van der Waals surface area contributed by atoms with Crippen LogP contribution in [-0.4, -0.2) is 43.5 Å². The number of carbonyl (C=O) groups excluding carboxylic acids is 1. The van der Waals surface area contributed by atoms with Crippen LogP contribution in [0.1, 0.15) is 62.4 Å². The zero-order valence-electron chi connectivity index (χ0n) is 16.0. The van der Waals surface area contributed by atoms with Gasteiger partial charge in [-0.1, -0.05) is 32.9 Å². The van der Waals surface area contributed by atoms with E-state index in [1.807, 2.05) is 24.3 Å². The minimum Gasteiger partial charge on any atom is -0.352 e. The smallest absolute Gasteiger partial charge is 0.251 e. The molecule has 26 heavy (non-hydrogen) atoms. The predicted molar refractivity (Wildman–Crippen MR) is 104 cm³/mol. The molecule has 0 radical (unpaired) electrons. The monoisotopic (exact) mass is 378 g/mol. The highest BCUT2D eigenvalue weighted by Gasteiger charge is 2.41. The summed E-state index contributed by atoms with van der Waals surface area (Å²) in [4.78, 5) is 12.4. The molecule has 0 bridgehead atoms. The average molecular weight is 379 g/mol. The number of benzene rings is 1. The summed E-state index contributed by atoms with van der Waals surface area (Å²) >= 11 is 0. The van der Waals surface area contributed by atoms with Crippen LogP contribution in [0.25, 0.3) is 0 Å². The van der Waals surface area contributed by atoms with Gasteiger partial charge in [0.15, 0.2) is 0 Å². The van der Waals surface area contributed by atoms with Gasteiger partial charge in [-0.2, -0.15) is 0 Å². The number of rotatable bonds is 5. The van der Waals surface area contributed by atoms with Crippen LogP contribution in [-0.2, 0) is 15.4 Å². The van der Waals surface area contributed by atoms with Crippen LogP contribution >= 0.6 is 0 Å². The van der Waals surface area contributed by atoms with E-state index in [9.17, 15) is 13.2 Å². The molecule has 3 rings (SSSR count). The fourth-order valence-corrected chi connectivity index (χ4v) is 5.28. The summed E-state index contributed by atoms with van der Waals surface area (Å²) in [5.41, 5.74) is 1.95. The summed E-state index contributed by atoms with van der Waals surface area (Å²) < 4.78 is 26.2. The average Bonchev–Trinajstić information content (AvgIpc) is 3.45. The molecule has 1 N–H and O–H groups in total. The van der Waals surface area contributed by atoms with Gasteiger partial charge in [0, 0.05) is 25.2 Å². The van der Waals surface area contributed by atoms with Gasteiger partial charge >= 0.3 is 0 Å². The summed E-state index contributed by atoms with van der Waals surface area (Å²) in [6.07, 6.45) is 3.25. The van der Waals surface area contributed by atoms with Gasteiger partial charge in [0.2, 0.25) is 10.0 Å². The lowest BCUT2D eigenvalue weighted by atomic mass is 9.86. The number of piperidine rings is 1. The number of amides is 1. The molecule has 1 amide bonds. The van der Waals surface area contributed by atoms with Crippen molar-refractivity contribution >= 4 is 15.9 Å². The molecule has 1 aromatic rings. The standard InChI is InChI=1S/C20H30N2O3S/c1-20(2,3)17-6-4-16(5-7-17)19(23)21-14-15-10-12-22(13-11-15)26(24,25)18-8-9-18/h4-7,15,18H,8-14H2,1-3H3,(H,21,23). The molecule has 1 aromatic carbocycles. The van der Waals surface area contributed by atoms with E-state index in [1.54, 1.807) is 4.31 Å². The third-order valence-corrected chi connectivity index (χ3v) is 7.84. The number of hydrogen-bond acceptors (Lipinski definition) is 3. The molecule has 1 aliphatic carbocycles. The number of hydrogen-bond donors (Lipinski definition) is 1. The minimum absolute atomic E-state index is 0.0570. The van der Waals surface area contributed by atoms with Gasteiger partial charge in [0.05, 0.1) is 5.25 Å². The second-order valence-corrected chi connectivity index (χ2v) is 10.8. The summed E-state index contributed by atoms with van der Waals surface area (Å²) in [6.45, 7) is 8.23.